The van der Waals surface area contributed by atoms with Crippen molar-refractivity contribution in [2.45, 2.75) is 37.8 Å². The molecule has 0 bridgehead atoms. The van der Waals surface area contributed by atoms with Crippen LogP contribution in [0.5, 0.6) is 0 Å². The molecule has 0 aliphatic carbocycles. The molecular formula is C25H23N3O4S. The molecule has 0 saturated heterocycles. The zero-order valence-electron chi connectivity index (χ0n) is 18.3. The predicted molar refractivity (Wildman–Crippen MR) is 125 cm³/mol. The summed E-state index contributed by atoms with van der Waals surface area (Å²) in [6, 6.07) is 17.2. The fourth-order valence-electron chi connectivity index (χ4n) is 4.30. The van der Waals surface area contributed by atoms with Gasteiger partial charge in [0.2, 0.25) is 0 Å². The zero-order chi connectivity index (χ0) is 23.2. The molecule has 168 valence electrons. The van der Waals surface area contributed by atoms with E-state index in [0.717, 1.165) is 16.8 Å². The van der Waals surface area contributed by atoms with Crippen LogP contribution in [0.4, 0.5) is 5.69 Å². The monoisotopic (exact) mass is 461 g/mol. The highest BCUT2D eigenvalue weighted by molar-refractivity contribution is 7.92. The van der Waals surface area contributed by atoms with Gasteiger partial charge in [-0.1, -0.05) is 30.3 Å². The van der Waals surface area contributed by atoms with E-state index in [1.54, 1.807) is 12.1 Å². The second kappa shape index (κ2) is 8.04. The highest BCUT2D eigenvalue weighted by Gasteiger charge is 2.36. The van der Waals surface area contributed by atoms with E-state index in [4.69, 9.17) is 4.74 Å². The number of anilines is 1. The molecule has 0 amide bonds. The van der Waals surface area contributed by atoms with Crippen LogP contribution in [0.25, 0.3) is 5.65 Å². The summed E-state index contributed by atoms with van der Waals surface area (Å²) in [5, 5.41) is 0. The number of pyridine rings is 1. The fraction of sp³-hybridized carbons (Fsp3) is 0.200. The standard InChI is InChI=1S/C25H23N3O4S/c1-17-7-6-12-27-15-21(26-24(17)27)16-32-25(29)20-9-5-10-22(14-20)33(30,31)28-18(2)13-19-8-3-4-11-23(19)28/h3-12,14-15,18H,13,16H2,1-2H3. The predicted octanol–water partition coefficient (Wildman–Crippen LogP) is 4.14. The minimum Gasteiger partial charge on any atom is -0.456 e. The van der Waals surface area contributed by atoms with Crippen molar-refractivity contribution in [2.75, 3.05) is 4.31 Å². The molecule has 3 heterocycles. The number of para-hydroxylation sites is 1. The van der Waals surface area contributed by atoms with Gasteiger partial charge in [0.25, 0.3) is 10.0 Å². The number of aromatic nitrogens is 2. The molecule has 5 rings (SSSR count). The molecule has 0 saturated carbocycles. The van der Waals surface area contributed by atoms with E-state index in [1.807, 2.05) is 67.0 Å². The molecule has 7 nitrogen and oxygen atoms in total. The molecule has 0 fully saturated rings. The third-order valence-electron chi connectivity index (χ3n) is 5.85. The Labute approximate surface area is 192 Å². The molecule has 2 aromatic heterocycles. The number of carbonyl (C=O) groups is 1. The number of ether oxygens (including phenoxy) is 1. The van der Waals surface area contributed by atoms with E-state index >= 15 is 0 Å². The number of aryl methyl sites for hydroxylation is 1. The second-order valence-corrected chi connectivity index (χ2v) is 10.1. The topological polar surface area (TPSA) is 81.0 Å². The van der Waals surface area contributed by atoms with Gasteiger partial charge in [-0.25, -0.2) is 18.2 Å². The molecule has 1 aliphatic heterocycles. The lowest BCUT2D eigenvalue weighted by molar-refractivity contribution is 0.0468. The van der Waals surface area contributed by atoms with Gasteiger partial charge in [-0.3, -0.25) is 4.31 Å². The number of nitrogens with zero attached hydrogens (tertiary/aromatic N) is 3. The van der Waals surface area contributed by atoms with Gasteiger partial charge in [-0.05, 0) is 61.7 Å². The van der Waals surface area contributed by atoms with Crippen molar-refractivity contribution in [3.63, 3.8) is 0 Å². The number of hydrogen-bond donors (Lipinski definition) is 0. The van der Waals surface area contributed by atoms with E-state index in [-0.39, 0.29) is 23.1 Å². The number of sulfonamides is 1. The number of rotatable bonds is 5. The van der Waals surface area contributed by atoms with E-state index < -0.39 is 16.0 Å². The quantitative estimate of drug-likeness (QED) is 0.417. The molecule has 8 heteroatoms. The zero-order valence-corrected chi connectivity index (χ0v) is 19.1. The van der Waals surface area contributed by atoms with Gasteiger partial charge in [-0.2, -0.15) is 0 Å². The molecule has 0 spiro atoms. The minimum atomic E-state index is -3.84. The number of benzene rings is 2. The Balaban J connectivity index is 1.37. The van der Waals surface area contributed by atoms with Crippen molar-refractivity contribution in [2.24, 2.45) is 0 Å². The van der Waals surface area contributed by atoms with Gasteiger partial charge in [0, 0.05) is 18.4 Å². The van der Waals surface area contributed by atoms with Crippen molar-refractivity contribution >= 4 is 27.3 Å². The Hall–Kier alpha value is -3.65. The van der Waals surface area contributed by atoms with Crippen LogP contribution in [-0.4, -0.2) is 29.8 Å². The largest absolute Gasteiger partial charge is 0.456 e. The van der Waals surface area contributed by atoms with Gasteiger partial charge in [0.15, 0.2) is 0 Å². The molecular weight excluding hydrogens is 438 g/mol. The Morgan fingerprint density at radius 2 is 1.94 bits per heavy atom. The van der Waals surface area contributed by atoms with Crippen LogP contribution < -0.4 is 4.31 Å². The molecule has 0 radical (unpaired) electrons. The summed E-state index contributed by atoms with van der Waals surface area (Å²) in [5.74, 6) is -0.601. The van der Waals surface area contributed by atoms with Crippen molar-refractivity contribution < 1.29 is 17.9 Å². The molecule has 33 heavy (non-hydrogen) atoms. The summed E-state index contributed by atoms with van der Waals surface area (Å²) < 4.78 is 35.7. The molecule has 0 N–H and O–H groups in total. The normalized spacial score (nSPS) is 15.6. The Kier molecular flexibility index (Phi) is 5.17. The molecule has 4 aromatic rings. The maximum absolute atomic E-state index is 13.5. The van der Waals surface area contributed by atoms with Crippen LogP contribution in [0.2, 0.25) is 0 Å². The van der Waals surface area contributed by atoms with Gasteiger partial charge in [0.05, 0.1) is 21.8 Å². The molecule has 2 aromatic carbocycles. The van der Waals surface area contributed by atoms with Gasteiger partial charge in [-0.15, -0.1) is 0 Å². The van der Waals surface area contributed by atoms with E-state index in [2.05, 4.69) is 4.98 Å². The summed E-state index contributed by atoms with van der Waals surface area (Å²) in [4.78, 5) is 17.3. The van der Waals surface area contributed by atoms with Gasteiger partial charge < -0.3 is 9.14 Å². The van der Waals surface area contributed by atoms with Crippen LogP contribution in [0.1, 0.15) is 34.1 Å². The first-order valence-corrected chi connectivity index (χ1v) is 12.1. The Morgan fingerprint density at radius 1 is 1.12 bits per heavy atom. The molecule has 1 unspecified atom stereocenters. The SMILES string of the molecule is Cc1cccn2cc(COC(=O)c3cccc(S(=O)(=O)N4c5ccccc5CC4C)c3)nc12. The van der Waals surface area contributed by atoms with E-state index in [0.29, 0.717) is 17.8 Å². The average Bonchev–Trinajstić information content (AvgIpc) is 3.38. The van der Waals surface area contributed by atoms with Gasteiger partial charge in [0.1, 0.15) is 12.3 Å². The summed E-state index contributed by atoms with van der Waals surface area (Å²) in [6.45, 7) is 3.84. The summed E-state index contributed by atoms with van der Waals surface area (Å²) in [7, 11) is -3.84. The molecule has 1 aliphatic rings. The van der Waals surface area contributed by atoms with Crippen molar-refractivity contribution in [1.29, 1.82) is 0 Å². The van der Waals surface area contributed by atoms with Gasteiger partial charge >= 0.3 is 5.97 Å². The smallest absolute Gasteiger partial charge is 0.338 e. The van der Waals surface area contributed by atoms with Crippen LogP contribution in [-0.2, 0) is 27.8 Å². The first-order chi connectivity index (χ1) is 15.8. The average molecular weight is 462 g/mol. The van der Waals surface area contributed by atoms with E-state index in [9.17, 15) is 13.2 Å². The summed E-state index contributed by atoms with van der Waals surface area (Å²) in [6.07, 6.45) is 4.34. The Bertz CT molecular complexity index is 1480. The third-order valence-corrected chi connectivity index (χ3v) is 7.77. The first-order valence-electron chi connectivity index (χ1n) is 10.7. The lowest BCUT2D eigenvalue weighted by atomic mass is 10.1. The molecule has 1 atom stereocenters. The lowest BCUT2D eigenvalue weighted by Crippen LogP contribution is -2.35. The minimum absolute atomic E-state index is 0.00648. The second-order valence-electron chi connectivity index (χ2n) is 8.24. The number of carbonyl (C=O) groups excluding carboxylic acids is 1. The van der Waals surface area contributed by atoms with Crippen molar-refractivity contribution in [3.8, 4) is 0 Å². The summed E-state index contributed by atoms with van der Waals surface area (Å²) >= 11 is 0. The van der Waals surface area contributed by atoms with Crippen molar-refractivity contribution in [1.82, 2.24) is 9.38 Å². The Morgan fingerprint density at radius 3 is 2.76 bits per heavy atom. The lowest BCUT2D eigenvalue weighted by Gasteiger charge is -2.24. The maximum Gasteiger partial charge on any atom is 0.338 e. The van der Waals surface area contributed by atoms with Crippen molar-refractivity contribution in [3.05, 3.63) is 95.4 Å². The van der Waals surface area contributed by atoms with Crippen LogP contribution in [0.15, 0.2) is 78.0 Å². The summed E-state index contributed by atoms with van der Waals surface area (Å²) in [5.41, 5.74) is 4.29. The first kappa shape index (κ1) is 21.2. The fourth-order valence-corrected chi connectivity index (χ4v) is 6.04. The maximum atomic E-state index is 13.5. The third kappa shape index (κ3) is 3.76. The highest BCUT2D eigenvalue weighted by Crippen LogP contribution is 2.36. The number of hydrogen-bond acceptors (Lipinski definition) is 5. The number of esters is 1. The number of fused-ring (bicyclic) bond motifs is 2. The van der Waals surface area contributed by atoms with Crippen LogP contribution in [0, 0.1) is 6.92 Å². The van der Waals surface area contributed by atoms with Crippen LogP contribution >= 0.6 is 0 Å². The van der Waals surface area contributed by atoms with Crippen LogP contribution in [0.3, 0.4) is 0 Å². The van der Waals surface area contributed by atoms with E-state index in [1.165, 1.54) is 16.4 Å². The highest BCUT2D eigenvalue weighted by atomic mass is 32.2. The number of imidazole rings is 1.